The van der Waals surface area contributed by atoms with Crippen LogP contribution >= 0.6 is 0 Å². The molecule has 148 valence electrons. The van der Waals surface area contributed by atoms with Gasteiger partial charge in [0.25, 0.3) is 0 Å². The highest BCUT2D eigenvalue weighted by Gasteiger charge is 2.25. The van der Waals surface area contributed by atoms with E-state index < -0.39 is 0 Å². The van der Waals surface area contributed by atoms with E-state index in [0.717, 1.165) is 57.2 Å². The number of nitrogens with zero attached hydrogens (tertiary/aromatic N) is 5. The predicted octanol–water partition coefficient (Wildman–Crippen LogP) is 3.47. The van der Waals surface area contributed by atoms with Gasteiger partial charge in [-0.15, -0.1) is 0 Å². The molecule has 0 atom stereocenters. The van der Waals surface area contributed by atoms with Crippen molar-refractivity contribution in [3.63, 3.8) is 0 Å². The van der Waals surface area contributed by atoms with Gasteiger partial charge in [0.05, 0.1) is 0 Å². The van der Waals surface area contributed by atoms with Gasteiger partial charge >= 0.3 is 0 Å². The molecular weight excluding hydrogens is 360 g/mol. The van der Waals surface area contributed by atoms with E-state index in [2.05, 4.69) is 79.3 Å². The van der Waals surface area contributed by atoms with Crippen LogP contribution in [0.1, 0.15) is 12.0 Å². The smallest absolute Gasteiger partial charge is 0.161 e. The number of aromatic nitrogens is 2. The van der Waals surface area contributed by atoms with Crippen molar-refractivity contribution >= 4 is 28.7 Å². The summed E-state index contributed by atoms with van der Waals surface area (Å²) in [4.78, 5) is 16.1. The average molecular weight is 387 g/mol. The number of aryl methyl sites for hydroxylation is 1. The van der Waals surface area contributed by atoms with Gasteiger partial charge in [-0.1, -0.05) is 36.4 Å². The zero-order chi connectivity index (χ0) is 19.6. The molecule has 1 saturated heterocycles. The summed E-state index contributed by atoms with van der Waals surface area (Å²) in [5.74, 6) is 1.68. The van der Waals surface area contributed by atoms with E-state index >= 15 is 0 Å². The maximum Gasteiger partial charge on any atom is 0.161 e. The van der Waals surface area contributed by atoms with Crippen molar-refractivity contribution in [3.05, 3.63) is 66.5 Å². The minimum atomic E-state index is 0.678. The Hall–Kier alpha value is -3.28. The van der Waals surface area contributed by atoms with Gasteiger partial charge in [-0.2, -0.15) is 0 Å². The summed E-state index contributed by atoms with van der Waals surface area (Å²) in [6.07, 6.45) is 3.86. The highest BCUT2D eigenvalue weighted by atomic mass is 15.3. The van der Waals surface area contributed by atoms with Crippen molar-refractivity contribution in [1.29, 1.82) is 0 Å². The lowest BCUT2D eigenvalue weighted by Gasteiger charge is -2.38. The van der Waals surface area contributed by atoms with E-state index in [4.69, 9.17) is 5.73 Å². The summed E-state index contributed by atoms with van der Waals surface area (Å²) in [5.41, 5.74) is 11.1. The number of fused-ring (bicyclic) bond motifs is 1. The standard InChI is InChI=1S/C23H26N6/c24-21-22(28-15-13-27(14-16-28)19-9-2-1-3-10-19)25-17-26-23(21)29-12-6-8-18-7-4-5-11-20(18)29/h1-5,7,9-11,17H,6,8,12-16,24H2. The number of rotatable bonds is 3. The molecule has 29 heavy (non-hydrogen) atoms. The van der Waals surface area contributed by atoms with Gasteiger partial charge < -0.3 is 20.4 Å². The summed E-state index contributed by atoms with van der Waals surface area (Å²) in [6, 6.07) is 19.1. The number of para-hydroxylation sites is 2. The zero-order valence-electron chi connectivity index (χ0n) is 16.5. The van der Waals surface area contributed by atoms with Crippen LogP contribution in [0.25, 0.3) is 0 Å². The Balaban J connectivity index is 1.38. The van der Waals surface area contributed by atoms with E-state index in [9.17, 15) is 0 Å². The Kier molecular flexibility index (Phi) is 4.68. The second kappa shape index (κ2) is 7.62. The van der Waals surface area contributed by atoms with E-state index in [1.165, 1.54) is 16.9 Å². The molecule has 6 nitrogen and oxygen atoms in total. The molecule has 6 heteroatoms. The van der Waals surface area contributed by atoms with Crippen molar-refractivity contribution in [2.75, 3.05) is 53.2 Å². The van der Waals surface area contributed by atoms with Gasteiger partial charge in [0.1, 0.15) is 12.0 Å². The molecule has 2 N–H and O–H groups in total. The Morgan fingerprint density at radius 1 is 0.724 bits per heavy atom. The topological polar surface area (TPSA) is 61.5 Å². The minimum absolute atomic E-state index is 0.678. The van der Waals surface area contributed by atoms with Crippen molar-refractivity contribution in [2.45, 2.75) is 12.8 Å². The fraction of sp³-hybridized carbons (Fsp3) is 0.304. The van der Waals surface area contributed by atoms with Gasteiger partial charge in [-0.3, -0.25) is 0 Å². The first-order valence-electron chi connectivity index (χ1n) is 10.3. The first kappa shape index (κ1) is 17.8. The Morgan fingerprint density at radius 3 is 2.24 bits per heavy atom. The summed E-state index contributed by atoms with van der Waals surface area (Å²) >= 11 is 0. The highest BCUT2D eigenvalue weighted by Crippen LogP contribution is 2.37. The Bertz CT molecular complexity index is 982. The van der Waals surface area contributed by atoms with Crippen molar-refractivity contribution in [2.24, 2.45) is 0 Å². The number of piperazine rings is 1. The lowest BCUT2D eigenvalue weighted by atomic mass is 10.0. The van der Waals surface area contributed by atoms with Crippen LogP contribution < -0.4 is 20.4 Å². The Labute approximate surface area is 171 Å². The van der Waals surface area contributed by atoms with Crippen LogP contribution in [0, 0.1) is 0 Å². The fourth-order valence-corrected chi connectivity index (χ4v) is 4.41. The van der Waals surface area contributed by atoms with E-state index in [0.29, 0.717) is 5.69 Å². The summed E-state index contributed by atoms with van der Waals surface area (Å²) in [6.45, 7) is 4.63. The van der Waals surface area contributed by atoms with Crippen molar-refractivity contribution < 1.29 is 0 Å². The third kappa shape index (κ3) is 3.35. The van der Waals surface area contributed by atoms with E-state index in [1.54, 1.807) is 6.33 Å². The largest absolute Gasteiger partial charge is 0.393 e. The number of nitrogens with two attached hydrogens (primary N) is 1. The van der Waals surface area contributed by atoms with Crippen molar-refractivity contribution in [3.8, 4) is 0 Å². The van der Waals surface area contributed by atoms with Gasteiger partial charge in [-0.25, -0.2) is 9.97 Å². The number of benzene rings is 2. The molecule has 3 heterocycles. The van der Waals surface area contributed by atoms with Crippen LogP contribution in [0.15, 0.2) is 60.9 Å². The first-order valence-corrected chi connectivity index (χ1v) is 10.3. The first-order chi connectivity index (χ1) is 14.3. The average Bonchev–Trinajstić information content (AvgIpc) is 2.80. The maximum absolute atomic E-state index is 6.63. The molecule has 0 radical (unpaired) electrons. The molecule has 1 aromatic heterocycles. The number of hydrogen-bond donors (Lipinski definition) is 1. The zero-order valence-corrected chi connectivity index (χ0v) is 16.5. The highest BCUT2D eigenvalue weighted by molar-refractivity contribution is 5.81. The van der Waals surface area contributed by atoms with Gasteiger partial charge in [0, 0.05) is 44.1 Å². The minimum Gasteiger partial charge on any atom is -0.393 e. The van der Waals surface area contributed by atoms with Crippen LogP contribution in [0.2, 0.25) is 0 Å². The van der Waals surface area contributed by atoms with Gasteiger partial charge in [-0.05, 0) is 36.6 Å². The molecular formula is C23H26N6. The molecule has 2 aliphatic rings. The second-order valence-corrected chi connectivity index (χ2v) is 7.63. The number of anilines is 5. The molecule has 0 saturated carbocycles. The summed E-state index contributed by atoms with van der Waals surface area (Å²) < 4.78 is 0. The predicted molar refractivity (Wildman–Crippen MR) is 119 cm³/mol. The lowest BCUT2D eigenvalue weighted by molar-refractivity contribution is 0.647. The molecule has 5 rings (SSSR count). The van der Waals surface area contributed by atoms with Crippen LogP contribution in [0.3, 0.4) is 0 Å². The maximum atomic E-state index is 6.63. The van der Waals surface area contributed by atoms with Gasteiger partial charge in [0.2, 0.25) is 0 Å². The molecule has 1 fully saturated rings. The van der Waals surface area contributed by atoms with Crippen LogP contribution in [-0.2, 0) is 6.42 Å². The molecule has 3 aromatic rings. The lowest BCUT2D eigenvalue weighted by Crippen LogP contribution is -2.47. The number of nitrogen functional groups attached to an aromatic ring is 1. The van der Waals surface area contributed by atoms with Gasteiger partial charge in [0.15, 0.2) is 11.6 Å². The SMILES string of the molecule is Nc1c(N2CCN(c3ccccc3)CC2)ncnc1N1CCCc2ccccc21. The molecule has 0 amide bonds. The molecule has 2 aliphatic heterocycles. The third-order valence-corrected chi connectivity index (χ3v) is 5.91. The Morgan fingerprint density at radius 2 is 1.41 bits per heavy atom. The second-order valence-electron chi connectivity index (χ2n) is 7.63. The third-order valence-electron chi connectivity index (χ3n) is 5.91. The fourth-order valence-electron chi connectivity index (χ4n) is 4.41. The van der Waals surface area contributed by atoms with Crippen LogP contribution in [0.4, 0.5) is 28.7 Å². The normalized spacial score (nSPS) is 16.6. The van der Waals surface area contributed by atoms with E-state index in [1.807, 2.05) is 0 Å². The van der Waals surface area contributed by atoms with E-state index in [-0.39, 0.29) is 0 Å². The summed E-state index contributed by atoms with van der Waals surface area (Å²) in [5, 5.41) is 0. The van der Waals surface area contributed by atoms with Crippen LogP contribution in [0.5, 0.6) is 0 Å². The summed E-state index contributed by atoms with van der Waals surface area (Å²) in [7, 11) is 0. The quantitative estimate of drug-likeness (QED) is 0.744. The number of hydrogen-bond acceptors (Lipinski definition) is 6. The molecule has 0 unspecified atom stereocenters. The van der Waals surface area contributed by atoms with Crippen LogP contribution in [-0.4, -0.2) is 42.7 Å². The monoisotopic (exact) mass is 386 g/mol. The molecule has 0 spiro atoms. The van der Waals surface area contributed by atoms with Crippen molar-refractivity contribution in [1.82, 2.24) is 9.97 Å². The molecule has 2 aromatic carbocycles. The molecule has 0 aliphatic carbocycles. The molecule has 0 bridgehead atoms.